The maximum atomic E-state index is 12.8. The van der Waals surface area contributed by atoms with Crippen molar-refractivity contribution < 1.29 is 24.5 Å². The van der Waals surface area contributed by atoms with Gasteiger partial charge in [0.1, 0.15) is 28.2 Å². The minimum Gasteiger partial charge on any atom is -0.507 e. The number of aromatic hydroxyl groups is 3. The molecular weight excluding hydrogens is 408 g/mol. The van der Waals surface area contributed by atoms with Crippen molar-refractivity contribution in [2.24, 2.45) is 0 Å². The fraction of sp³-hybridized carbons (Fsp3) is 0.269. The zero-order valence-corrected chi connectivity index (χ0v) is 18.7. The van der Waals surface area contributed by atoms with Crippen LogP contribution >= 0.6 is 0 Å². The number of rotatable bonds is 7. The van der Waals surface area contributed by atoms with Crippen LogP contribution in [0.2, 0.25) is 0 Å². The van der Waals surface area contributed by atoms with Crippen LogP contribution in [0.5, 0.6) is 23.0 Å². The average Bonchev–Trinajstić information content (AvgIpc) is 2.73. The van der Waals surface area contributed by atoms with Crippen molar-refractivity contribution in [2.45, 2.75) is 40.0 Å². The SMILES string of the molecule is COc1cc(-c2cc(=O)c3c(O)c(CC=C(C)CCC=C(C)C)c(O)cc3o2)ccc1O. The number of benzene rings is 2. The minimum absolute atomic E-state index is 0.0166. The monoisotopic (exact) mass is 436 g/mol. The van der Waals surface area contributed by atoms with Crippen LogP contribution < -0.4 is 10.2 Å². The Kier molecular flexibility index (Phi) is 6.93. The van der Waals surface area contributed by atoms with E-state index >= 15 is 0 Å². The molecule has 0 bridgehead atoms. The van der Waals surface area contributed by atoms with E-state index in [1.165, 1.54) is 36.9 Å². The summed E-state index contributed by atoms with van der Waals surface area (Å²) in [6.07, 6.45) is 6.20. The highest BCUT2D eigenvalue weighted by Gasteiger charge is 2.18. The average molecular weight is 437 g/mol. The molecule has 0 fully saturated rings. The second-order valence-corrected chi connectivity index (χ2v) is 8.03. The highest BCUT2D eigenvalue weighted by Crippen LogP contribution is 2.37. The molecule has 0 radical (unpaired) electrons. The lowest BCUT2D eigenvalue weighted by Gasteiger charge is -2.11. The Morgan fingerprint density at radius 1 is 1.03 bits per heavy atom. The van der Waals surface area contributed by atoms with Gasteiger partial charge in [-0.15, -0.1) is 0 Å². The Balaban J connectivity index is 1.98. The molecule has 0 aliphatic carbocycles. The highest BCUT2D eigenvalue weighted by molar-refractivity contribution is 5.88. The van der Waals surface area contributed by atoms with Gasteiger partial charge in [-0.25, -0.2) is 0 Å². The number of fused-ring (bicyclic) bond motifs is 1. The second kappa shape index (κ2) is 9.64. The lowest BCUT2D eigenvalue weighted by molar-refractivity contribution is 0.373. The van der Waals surface area contributed by atoms with Crippen LogP contribution in [0.3, 0.4) is 0 Å². The van der Waals surface area contributed by atoms with Gasteiger partial charge in [-0.2, -0.15) is 0 Å². The van der Waals surface area contributed by atoms with Gasteiger partial charge < -0.3 is 24.5 Å². The fourth-order valence-electron chi connectivity index (χ4n) is 3.47. The van der Waals surface area contributed by atoms with Gasteiger partial charge >= 0.3 is 0 Å². The summed E-state index contributed by atoms with van der Waals surface area (Å²) in [7, 11) is 1.42. The van der Waals surface area contributed by atoms with Gasteiger partial charge in [0, 0.05) is 23.3 Å². The zero-order valence-electron chi connectivity index (χ0n) is 18.7. The van der Waals surface area contributed by atoms with E-state index in [9.17, 15) is 20.1 Å². The van der Waals surface area contributed by atoms with E-state index in [-0.39, 0.29) is 45.3 Å². The normalized spacial score (nSPS) is 11.6. The molecule has 3 aromatic rings. The van der Waals surface area contributed by atoms with Crippen molar-refractivity contribution in [1.82, 2.24) is 0 Å². The molecule has 0 amide bonds. The molecule has 6 heteroatoms. The van der Waals surface area contributed by atoms with Crippen molar-refractivity contribution in [3.8, 4) is 34.3 Å². The minimum atomic E-state index is -0.434. The Morgan fingerprint density at radius 3 is 2.47 bits per heavy atom. The van der Waals surface area contributed by atoms with Crippen LogP contribution in [0.1, 0.15) is 39.2 Å². The summed E-state index contributed by atoms with van der Waals surface area (Å²) >= 11 is 0. The van der Waals surface area contributed by atoms with Crippen molar-refractivity contribution in [2.75, 3.05) is 7.11 Å². The first-order valence-electron chi connectivity index (χ1n) is 10.4. The van der Waals surface area contributed by atoms with E-state index in [4.69, 9.17) is 9.15 Å². The molecule has 0 atom stereocenters. The molecule has 0 aliphatic rings. The number of phenols is 3. The van der Waals surface area contributed by atoms with Crippen molar-refractivity contribution >= 4 is 11.0 Å². The van der Waals surface area contributed by atoms with E-state index in [1.54, 1.807) is 6.07 Å². The third kappa shape index (κ3) is 4.97. The highest BCUT2D eigenvalue weighted by atomic mass is 16.5. The topological polar surface area (TPSA) is 100 Å². The molecule has 6 nitrogen and oxygen atoms in total. The smallest absolute Gasteiger partial charge is 0.197 e. The number of allylic oxidation sites excluding steroid dienone is 4. The second-order valence-electron chi connectivity index (χ2n) is 8.03. The predicted octanol–water partition coefficient (Wildman–Crippen LogP) is 5.82. The molecule has 2 aromatic carbocycles. The number of hydrogen-bond donors (Lipinski definition) is 3. The molecule has 1 aromatic heterocycles. The summed E-state index contributed by atoms with van der Waals surface area (Å²) in [6.45, 7) is 6.11. The lowest BCUT2D eigenvalue weighted by atomic mass is 10.0. The van der Waals surface area contributed by atoms with Crippen LogP contribution in [0.4, 0.5) is 0 Å². The fourth-order valence-corrected chi connectivity index (χ4v) is 3.47. The molecule has 168 valence electrons. The molecule has 0 unspecified atom stereocenters. The Hall–Kier alpha value is -3.67. The quantitative estimate of drug-likeness (QED) is 0.404. The first-order chi connectivity index (χ1) is 15.2. The van der Waals surface area contributed by atoms with E-state index in [0.717, 1.165) is 18.4 Å². The molecular formula is C26H28O6. The van der Waals surface area contributed by atoms with Crippen LogP contribution in [0.15, 0.2) is 62.8 Å². The Labute approximate surface area is 186 Å². The maximum Gasteiger partial charge on any atom is 0.197 e. The first-order valence-corrected chi connectivity index (χ1v) is 10.4. The van der Waals surface area contributed by atoms with Gasteiger partial charge in [0.05, 0.1) is 7.11 Å². The summed E-state index contributed by atoms with van der Waals surface area (Å²) in [5.74, 6) is -0.00668. The predicted molar refractivity (Wildman–Crippen MR) is 126 cm³/mol. The van der Waals surface area contributed by atoms with Crippen LogP contribution in [0, 0.1) is 0 Å². The summed E-state index contributed by atoms with van der Waals surface area (Å²) in [4.78, 5) is 12.8. The van der Waals surface area contributed by atoms with Gasteiger partial charge in [-0.1, -0.05) is 23.3 Å². The first kappa shape index (κ1) is 23.0. The molecule has 0 spiro atoms. The van der Waals surface area contributed by atoms with Crippen LogP contribution in [0.25, 0.3) is 22.3 Å². The van der Waals surface area contributed by atoms with Crippen molar-refractivity contribution in [1.29, 1.82) is 0 Å². The maximum absolute atomic E-state index is 12.8. The van der Waals surface area contributed by atoms with Crippen LogP contribution in [-0.2, 0) is 6.42 Å². The third-order valence-corrected chi connectivity index (χ3v) is 5.28. The molecule has 32 heavy (non-hydrogen) atoms. The summed E-state index contributed by atoms with van der Waals surface area (Å²) in [5.41, 5.74) is 2.82. The number of ether oxygens (including phenoxy) is 1. The number of hydrogen-bond acceptors (Lipinski definition) is 6. The molecule has 1 heterocycles. The molecule has 0 saturated heterocycles. The lowest BCUT2D eigenvalue weighted by Crippen LogP contribution is -2.02. The largest absolute Gasteiger partial charge is 0.507 e. The van der Waals surface area contributed by atoms with E-state index in [2.05, 4.69) is 19.9 Å². The zero-order chi connectivity index (χ0) is 23.4. The van der Waals surface area contributed by atoms with Crippen LogP contribution in [-0.4, -0.2) is 22.4 Å². The van der Waals surface area contributed by atoms with E-state index in [0.29, 0.717) is 12.0 Å². The Morgan fingerprint density at radius 2 is 1.78 bits per heavy atom. The molecule has 0 saturated carbocycles. The van der Waals surface area contributed by atoms with Gasteiger partial charge in [-0.3, -0.25) is 4.79 Å². The third-order valence-electron chi connectivity index (χ3n) is 5.28. The molecule has 3 rings (SSSR count). The summed E-state index contributed by atoms with van der Waals surface area (Å²) in [6, 6.07) is 7.17. The number of methoxy groups -OCH3 is 1. The number of phenolic OH excluding ortho intramolecular Hbond substituents is 3. The van der Waals surface area contributed by atoms with Crippen molar-refractivity contribution in [3.63, 3.8) is 0 Å². The van der Waals surface area contributed by atoms with Crippen molar-refractivity contribution in [3.05, 3.63) is 69.4 Å². The van der Waals surface area contributed by atoms with Gasteiger partial charge in [0.2, 0.25) is 0 Å². The summed E-state index contributed by atoms with van der Waals surface area (Å²) in [5, 5.41) is 31.0. The standard InChI is InChI=1S/C26H28O6/c1-15(2)6-5-7-16(3)8-10-18-20(28)13-24-25(26(18)30)21(29)14-22(32-24)17-9-11-19(27)23(12-17)31-4/h6,8-9,11-14,27-28,30H,5,7,10H2,1-4H3. The Bertz CT molecular complexity index is 1260. The van der Waals surface area contributed by atoms with Gasteiger partial charge in [-0.05, 0) is 58.2 Å². The van der Waals surface area contributed by atoms with E-state index in [1.807, 2.05) is 13.0 Å². The van der Waals surface area contributed by atoms with E-state index < -0.39 is 5.43 Å². The molecule has 3 N–H and O–H groups in total. The summed E-state index contributed by atoms with van der Waals surface area (Å²) < 4.78 is 10.9. The van der Waals surface area contributed by atoms with Gasteiger partial charge in [0.25, 0.3) is 0 Å². The molecule has 0 aliphatic heterocycles. The van der Waals surface area contributed by atoms with Gasteiger partial charge in [0.15, 0.2) is 16.9 Å².